The topological polar surface area (TPSA) is 84.2 Å². The number of hydrogen-bond donors (Lipinski definition) is 3. The zero-order chi connectivity index (χ0) is 11.1. The highest BCUT2D eigenvalue weighted by atomic mass is 32.1. The minimum atomic E-state index is -0.332. The van der Waals surface area contributed by atoms with Crippen molar-refractivity contribution in [2.45, 2.75) is 6.54 Å². The van der Waals surface area contributed by atoms with Crippen molar-refractivity contribution in [3.8, 4) is 0 Å². The van der Waals surface area contributed by atoms with Gasteiger partial charge in [-0.15, -0.1) is 11.3 Å². The second-order valence-electron chi connectivity index (χ2n) is 2.84. The van der Waals surface area contributed by atoms with Crippen molar-refractivity contribution in [3.63, 3.8) is 0 Å². The molecule has 1 rings (SSSR count). The first kappa shape index (κ1) is 11.7. The van der Waals surface area contributed by atoms with Crippen LogP contribution in [0.4, 0.5) is 0 Å². The normalized spacial score (nSPS) is 9.67. The maximum Gasteiger partial charge on any atom is 0.239 e. The van der Waals surface area contributed by atoms with E-state index in [9.17, 15) is 9.59 Å². The van der Waals surface area contributed by atoms with E-state index in [4.69, 9.17) is 5.73 Å². The number of amides is 2. The standard InChI is InChI=1S/C9H13N3O2S/c10-4-8(13)12-6-9(14)11-5-7-2-1-3-15-7/h1-3H,4-6,10H2,(H,11,14)(H,12,13). The van der Waals surface area contributed by atoms with Crippen LogP contribution in [0.3, 0.4) is 0 Å². The Bertz CT molecular complexity index is 324. The first-order valence-electron chi connectivity index (χ1n) is 4.48. The smallest absolute Gasteiger partial charge is 0.239 e. The summed E-state index contributed by atoms with van der Waals surface area (Å²) in [5.41, 5.74) is 5.07. The number of thiophene rings is 1. The molecule has 0 aliphatic rings. The summed E-state index contributed by atoms with van der Waals surface area (Å²) in [6, 6.07) is 3.85. The monoisotopic (exact) mass is 227 g/mol. The fourth-order valence-corrected chi connectivity index (χ4v) is 1.56. The van der Waals surface area contributed by atoms with E-state index in [0.717, 1.165) is 4.88 Å². The molecule has 0 saturated heterocycles. The Morgan fingerprint density at radius 2 is 2.13 bits per heavy atom. The number of nitrogens with one attached hydrogen (secondary N) is 2. The van der Waals surface area contributed by atoms with Crippen molar-refractivity contribution >= 4 is 23.2 Å². The van der Waals surface area contributed by atoms with Crippen LogP contribution in [-0.4, -0.2) is 24.9 Å². The number of hydrogen-bond acceptors (Lipinski definition) is 4. The predicted molar refractivity (Wildman–Crippen MR) is 58.2 cm³/mol. The van der Waals surface area contributed by atoms with Gasteiger partial charge in [0, 0.05) is 4.88 Å². The molecule has 1 aromatic heterocycles. The summed E-state index contributed by atoms with van der Waals surface area (Å²) in [5.74, 6) is -0.550. The molecule has 15 heavy (non-hydrogen) atoms. The van der Waals surface area contributed by atoms with Crippen molar-refractivity contribution in [1.82, 2.24) is 10.6 Å². The molecule has 0 fully saturated rings. The largest absolute Gasteiger partial charge is 0.350 e. The Labute approximate surface area is 91.7 Å². The number of rotatable bonds is 5. The molecule has 6 heteroatoms. The lowest BCUT2D eigenvalue weighted by Gasteiger charge is -2.04. The Hall–Kier alpha value is -1.40. The first-order chi connectivity index (χ1) is 7.22. The fraction of sp³-hybridized carbons (Fsp3) is 0.333. The van der Waals surface area contributed by atoms with Crippen molar-refractivity contribution < 1.29 is 9.59 Å². The Morgan fingerprint density at radius 1 is 1.33 bits per heavy atom. The highest BCUT2D eigenvalue weighted by Crippen LogP contribution is 2.06. The van der Waals surface area contributed by atoms with Gasteiger partial charge in [0.05, 0.1) is 19.6 Å². The average molecular weight is 227 g/mol. The number of nitrogens with two attached hydrogens (primary N) is 1. The zero-order valence-electron chi connectivity index (χ0n) is 8.16. The van der Waals surface area contributed by atoms with Crippen LogP contribution < -0.4 is 16.4 Å². The van der Waals surface area contributed by atoms with Crippen molar-refractivity contribution in [2.75, 3.05) is 13.1 Å². The molecule has 0 aliphatic heterocycles. The van der Waals surface area contributed by atoms with Crippen molar-refractivity contribution in [3.05, 3.63) is 22.4 Å². The summed E-state index contributed by atoms with van der Waals surface area (Å²) in [5, 5.41) is 7.01. The molecule has 0 atom stereocenters. The van der Waals surface area contributed by atoms with Gasteiger partial charge in [0.1, 0.15) is 0 Å². The molecule has 0 radical (unpaired) electrons. The summed E-state index contributed by atoms with van der Waals surface area (Å²) >= 11 is 1.57. The molecule has 0 aromatic carbocycles. The van der Waals surface area contributed by atoms with Crippen molar-refractivity contribution in [2.24, 2.45) is 5.73 Å². The van der Waals surface area contributed by atoms with Crippen LogP contribution in [0.1, 0.15) is 4.88 Å². The highest BCUT2D eigenvalue weighted by Gasteiger charge is 2.03. The Morgan fingerprint density at radius 3 is 2.73 bits per heavy atom. The maximum atomic E-state index is 11.2. The van der Waals surface area contributed by atoms with E-state index in [1.807, 2.05) is 17.5 Å². The van der Waals surface area contributed by atoms with Gasteiger partial charge in [-0.25, -0.2) is 0 Å². The molecule has 0 spiro atoms. The van der Waals surface area contributed by atoms with E-state index in [2.05, 4.69) is 10.6 Å². The fourth-order valence-electron chi connectivity index (χ4n) is 0.912. The second kappa shape index (κ2) is 6.15. The van der Waals surface area contributed by atoms with E-state index >= 15 is 0 Å². The van der Waals surface area contributed by atoms with Gasteiger partial charge >= 0.3 is 0 Å². The van der Waals surface area contributed by atoms with Crippen LogP contribution in [-0.2, 0) is 16.1 Å². The van der Waals surface area contributed by atoms with Gasteiger partial charge in [-0.3, -0.25) is 9.59 Å². The first-order valence-corrected chi connectivity index (χ1v) is 5.36. The van der Waals surface area contributed by atoms with E-state index in [0.29, 0.717) is 6.54 Å². The third-order valence-electron chi connectivity index (χ3n) is 1.67. The van der Waals surface area contributed by atoms with Gasteiger partial charge in [-0.2, -0.15) is 0 Å². The van der Waals surface area contributed by atoms with Crippen LogP contribution in [0.25, 0.3) is 0 Å². The van der Waals surface area contributed by atoms with Gasteiger partial charge in [0.25, 0.3) is 0 Å². The second-order valence-corrected chi connectivity index (χ2v) is 3.87. The average Bonchev–Trinajstić information content (AvgIpc) is 2.75. The Balaban J connectivity index is 2.16. The highest BCUT2D eigenvalue weighted by molar-refractivity contribution is 7.09. The van der Waals surface area contributed by atoms with Crippen LogP contribution >= 0.6 is 11.3 Å². The molecule has 0 saturated carbocycles. The molecule has 4 N–H and O–H groups in total. The van der Waals surface area contributed by atoms with Crippen LogP contribution in [0.5, 0.6) is 0 Å². The van der Waals surface area contributed by atoms with Gasteiger partial charge in [-0.05, 0) is 11.4 Å². The minimum absolute atomic E-state index is 0.0264. The lowest BCUT2D eigenvalue weighted by Crippen LogP contribution is -2.39. The molecule has 1 aromatic rings. The number of carbonyl (C=O) groups excluding carboxylic acids is 2. The molecule has 1 heterocycles. The van der Waals surface area contributed by atoms with Gasteiger partial charge in [0.2, 0.25) is 11.8 Å². The maximum absolute atomic E-state index is 11.2. The third-order valence-corrected chi connectivity index (χ3v) is 2.55. The third kappa shape index (κ3) is 4.57. The summed E-state index contributed by atoms with van der Waals surface area (Å²) < 4.78 is 0. The van der Waals surface area contributed by atoms with Crippen molar-refractivity contribution in [1.29, 1.82) is 0 Å². The summed E-state index contributed by atoms with van der Waals surface area (Å²) in [6.07, 6.45) is 0. The van der Waals surface area contributed by atoms with Gasteiger partial charge in [0.15, 0.2) is 0 Å². The lowest BCUT2D eigenvalue weighted by molar-refractivity contribution is -0.125. The van der Waals surface area contributed by atoms with Gasteiger partial charge in [-0.1, -0.05) is 6.07 Å². The summed E-state index contributed by atoms with van der Waals surface area (Å²) in [6.45, 7) is 0.370. The van der Waals surface area contributed by atoms with E-state index in [1.54, 1.807) is 11.3 Å². The summed E-state index contributed by atoms with van der Waals surface area (Å²) in [4.78, 5) is 23.0. The predicted octanol–water partition coefficient (Wildman–Crippen LogP) is -0.561. The minimum Gasteiger partial charge on any atom is -0.350 e. The van der Waals surface area contributed by atoms with E-state index < -0.39 is 0 Å². The molecule has 5 nitrogen and oxygen atoms in total. The zero-order valence-corrected chi connectivity index (χ0v) is 8.97. The molecule has 82 valence electrons. The van der Waals surface area contributed by atoms with Gasteiger partial charge < -0.3 is 16.4 Å². The molecule has 0 aliphatic carbocycles. The SMILES string of the molecule is NCC(=O)NCC(=O)NCc1cccs1. The summed E-state index contributed by atoms with van der Waals surface area (Å²) in [7, 11) is 0. The van der Waals surface area contributed by atoms with Crippen LogP contribution in [0, 0.1) is 0 Å². The molecule has 0 bridgehead atoms. The molecular weight excluding hydrogens is 214 g/mol. The van der Waals surface area contributed by atoms with Crippen LogP contribution in [0.15, 0.2) is 17.5 Å². The van der Waals surface area contributed by atoms with E-state index in [1.165, 1.54) is 0 Å². The van der Waals surface area contributed by atoms with E-state index in [-0.39, 0.29) is 24.9 Å². The number of carbonyl (C=O) groups is 2. The Kier molecular flexibility index (Phi) is 4.79. The quantitative estimate of drug-likeness (QED) is 0.630. The lowest BCUT2D eigenvalue weighted by atomic mass is 10.4. The molecule has 0 unspecified atom stereocenters. The van der Waals surface area contributed by atoms with Crippen LogP contribution in [0.2, 0.25) is 0 Å². The molecular formula is C9H13N3O2S. The molecule has 2 amide bonds.